The standard InChI is InChI=1S/C20H19F3N4O4S/c1-10-14(9-26-19(24)27-10)12-6-13(11-4-5-15(30-2)16(7-11)31-3)18(20(21,22)23)17(8-12)32(25,28)29/h4-9H,1-3H3,(H2,24,26,27)(H2,25,28,29). The van der Waals surface area contributed by atoms with Crippen molar-refractivity contribution in [2.24, 2.45) is 5.14 Å². The van der Waals surface area contributed by atoms with Crippen molar-refractivity contribution < 1.29 is 31.1 Å². The molecule has 0 bridgehead atoms. The van der Waals surface area contributed by atoms with E-state index in [0.717, 1.165) is 6.07 Å². The number of sulfonamides is 1. The molecule has 0 saturated heterocycles. The molecule has 0 unspecified atom stereocenters. The van der Waals surface area contributed by atoms with Crippen LogP contribution in [0.2, 0.25) is 0 Å². The van der Waals surface area contributed by atoms with Gasteiger partial charge in [0.1, 0.15) is 0 Å². The number of nitrogens with two attached hydrogens (primary N) is 2. The van der Waals surface area contributed by atoms with Crippen LogP contribution in [0, 0.1) is 6.92 Å². The Morgan fingerprint density at radius 1 is 0.969 bits per heavy atom. The molecule has 1 heterocycles. The van der Waals surface area contributed by atoms with E-state index in [1.54, 1.807) is 6.92 Å². The summed E-state index contributed by atoms with van der Waals surface area (Å²) in [5.74, 6) is 0.410. The van der Waals surface area contributed by atoms with Crippen molar-refractivity contribution in [2.45, 2.75) is 18.0 Å². The number of benzene rings is 2. The number of rotatable bonds is 5. The number of aromatic nitrogens is 2. The largest absolute Gasteiger partial charge is 0.493 e. The van der Waals surface area contributed by atoms with Gasteiger partial charge in [0.2, 0.25) is 16.0 Å². The monoisotopic (exact) mass is 468 g/mol. The smallest absolute Gasteiger partial charge is 0.418 e. The highest BCUT2D eigenvalue weighted by Crippen LogP contribution is 2.45. The number of aryl methyl sites for hydroxylation is 1. The predicted molar refractivity (Wildman–Crippen MR) is 112 cm³/mol. The van der Waals surface area contributed by atoms with Crippen molar-refractivity contribution in [3.63, 3.8) is 0 Å². The number of anilines is 1. The highest BCUT2D eigenvalue weighted by molar-refractivity contribution is 7.89. The van der Waals surface area contributed by atoms with Crippen LogP contribution in [0.1, 0.15) is 11.3 Å². The van der Waals surface area contributed by atoms with Gasteiger partial charge in [-0.3, -0.25) is 0 Å². The average Bonchev–Trinajstić information content (AvgIpc) is 2.71. The Balaban J connectivity index is 2.46. The van der Waals surface area contributed by atoms with Crippen molar-refractivity contribution in [1.82, 2.24) is 9.97 Å². The Bertz CT molecular complexity index is 1290. The maximum Gasteiger partial charge on any atom is 0.418 e. The average molecular weight is 468 g/mol. The van der Waals surface area contributed by atoms with Crippen LogP contribution >= 0.6 is 0 Å². The second-order valence-corrected chi connectivity index (χ2v) is 8.27. The molecular weight excluding hydrogens is 449 g/mol. The van der Waals surface area contributed by atoms with E-state index < -0.39 is 32.2 Å². The van der Waals surface area contributed by atoms with Gasteiger partial charge in [0, 0.05) is 11.8 Å². The zero-order chi connectivity index (χ0) is 23.8. The van der Waals surface area contributed by atoms with E-state index in [1.807, 2.05) is 0 Å². The minimum Gasteiger partial charge on any atom is -0.493 e. The third-order valence-electron chi connectivity index (χ3n) is 4.70. The van der Waals surface area contributed by atoms with E-state index in [4.69, 9.17) is 20.3 Å². The van der Waals surface area contributed by atoms with Crippen LogP contribution in [0.15, 0.2) is 41.4 Å². The van der Waals surface area contributed by atoms with Gasteiger partial charge in [-0.25, -0.2) is 23.5 Å². The summed E-state index contributed by atoms with van der Waals surface area (Å²) >= 11 is 0. The summed E-state index contributed by atoms with van der Waals surface area (Å²) in [5, 5.41) is 5.19. The molecule has 1 aromatic heterocycles. The van der Waals surface area contributed by atoms with Gasteiger partial charge >= 0.3 is 6.18 Å². The molecule has 0 fully saturated rings. The van der Waals surface area contributed by atoms with E-state index in [0.29, 0.717) is 11.3 Å². The molecule has 32 heavy (non-hydrogen) atoms. The normalized spacial score (nSPS) is 12.0. The summed E-state index contributed by atoms with van der Waals surface area (Å²) in [4.78, 5) is 6.77. The van der Waals surface area contributed by atoms with Crippen molar-refractivity contribution in [1.29, 1.82) is 0 Å². The zero-order valence-corrected chi connectivity index (χ0v) is 18.0. The number of hydrogen-bond donors (Lipinski definition) is 2. The molecule has 8 nitrogen and oxygen atoms in total. The Morgan fingerprint density at radius 3 is 2.16 bits per heavy atom. The fraction of sp³-hybridized carbons (Fsp3) is 0.200. The number of nitrogen functional groups attached to an aromatic ring is 1. The molecule has 0 aliphatic carbocycles. The molecule has 3 aromatic rings. The second-order valence-electron chi connectivity index (χ2n) is 6.74. The number of primary sulfonamides is 1. The van der Waals surface area contributed by atoms with Crippen LogP contribution in [0.25, 0.3) is 22.3 Å². The number of methoxy groups -OCH3 is 2. The lowest BCUT2D eigenvalue weighted by atomic mass is 9.93. The quantitative estimate of drug-likeness (QED) is 0.587. The van der Waals surface area contributed by atoms with Crippen LogP contribution in [-0.2, 0) is 16.2 Å². The highest BCUT2D eigenvalue weighted by atomic mass is 32.2. The zero-order valence-electron chi connectivity index (χ0n) is 17.2. The summed E-state index contributed by atoms with van der Waals surface area (Å²) in [6, 6.07) is 6.13. The maximum atomic E-state index is 14.1. The van der Waals surface area contributed by atoms with Crippen molar-refractivity contribution in [3.8, 4) is 33.8 Å². The van der Waals surface area contributed by atoms with Crippen LogP contribution < -0.4 is 20.3 Å². The molecule has 4 N–H and O–H groups in total. The fourth-order valence-corrected chi connectivity index (χ4v) is 4.09. The highest BCUT2D eigenvalue weighted by Gasteiger charge is 2.40. The minimum absolute atomic E-state index is 0.0371. The molecule has 0 saturated carbocycles. The first-order valence-electron chi connectivity index (χ1n) is 8.96. The van der Waals surface area contributed by atoms with E-state index in [1.165, 1.54) is 44.7 Å². The predicted octanol–water partition coefficient (Wildman–Crippen LogP) is 3.38. The molecule has 170 valence electrons. The van der Waals surface area contributed by atoms with E-state index in [9.17, 15) is 21.6 Å². The Kier molecular flexibility index (Phi) is 6.03. The minimum atomic E-state index is -5.03. The number of ether oxygens (including phenoxy) is 2. The molecule has 0 aliphatic heterocycles. The number of alkyl halides is 3. The third-order valence-corrected chi connectivity index (χ3v) is 5.63. The second kappa shape index (κ2) is 8.28. The summed E-state index contributed by atoms with van der Waals surface area (Å²) < 4.78 is 77.0. The van der Waals surface area contributed by atoms with Crippen molar-refractivity contribution in [3.05, 3.63) is 47.8 Å². The number of hydrogen-bond acceptors (Lipinski definition) is 7. The summed E-state index contributed by atoms with van der Waals surface area (Å²) in [6.07, 6.45) is -3.74. The number of nitrogens with zero attached hydrogens (tertiary/aromatic N) is 2. The molecule has 3 rings (SSSR count). The van der Waals surface area contributed by atoms with Crippen LogP contribution in [0.5, 0.6) is 11.5 Å². The van der Waals surface area contributed by atoms with Gasteiger partial charge in [0.05, 0.1) is 30.4 Å². The molecule has 0 aliphatic rings. The lowest BCUT2D eigenvalue weighted by Gasteiger charge is -2.20. The van der Waals surface area contributed by atoms with Crippen LogP contribution in [0.3, 0.4) is 0 Å². The van der Waals surface area contributed by atoms with Crippen molar-refractivity contribution >= 4 is 16.0 Å². The molecule has 0 radical (unpaired) electrons. The Morgan fingerprint density at radius 2 is 1.62 bits per heavy atom. The van der Waals surface area contributed by atoms with Gasteiger partial charge in [0.25, 0.3) is 0 Å². The van der Waals surface area contributed by atoms with Gasteiger partial charge in [0.15, 0.2) is 11.5 Å². The van der Waals surface area contributed by atoms with Crippen molar-refractivity contribution in [2.75, 3.05) is 20.0 Å². The Labute approximate surface area is 182 Å². The first-order valence-corrected chi connectivity index (χ1v) is 10.5. The van der Waals surface area contributed by atoms with Crippen LogP contribution in [0.4, 0.5) is 19.1 Å². The lowest BCUT2D eigenvalue weighted by molar-refractivity contribution is -0.139. The van der Waals surface area contributed by atoms with E-state index in [-0.39, 0.29) is 28.6 Å². The van der Waals surface area contributed by atoms with Crippen LogP contribution in [-0.4, -0.2) is 32.6 Å². The van der Waals surface area contributed by atoms with Gasteiger partial charge in [-0.2, -0.15) is 13.2 Å². The molecule has 0 atom stereocenters. The van der Waals surface area contributed by atoms with Gasteiger partial charge in [-0.05, 0) is 47.9 Å². The lowest BCUT2D eigenvalue weighted by Crippen LogP contribution is -2.20. The van der Waals surface area contributed by atoms with Gasteiger partial charge in [-0.1, -0.05) is 6.07 Å². The fourth-order valence-electron chi connectivity index (χ4n) is 3.29. The molecule has 0 amide bonds. The summed E-state index contributed by atoms with van der Waals surface area (Å²) in [6.45, 7) is 1.57. The SMILES string of the molecule is COc1ccc(-c2cc(-c3cnc(N)nc3C)cc(S(N)(=O)=O)c2C(F)(F)F)cc1OC. The first kappa shape index (κ1) is 23.3. The third kappa shape index (κ3) is 4.46. The molecule has 0 spiro atoms. The summed E-state index contributed by atoms with van der Waals surface area (Å²) in [5.41, 5.74) is 4.52. The molecule has 2 aromatic carbocycles. The van der Waals surface area contributed by atoms with Gasteiger partial charge in [-0.15, -0.1) is 0 Å². The molecule has 12 heteroatoms. The van der Waals surface area contributed by atoms with Gasteiger partial charge < -0.3 is 15.2 Å². The molecular formula is C20H19F3N4O4S. The summed E-state index contributed by atoms with van der Waals surface area (Å²) in [7, 11) is -2.06. The van der Waals surface area contributed by atoms with E-state index in [2.05, 4.69) is 9.97 Å². The topological polar surface area (TPSA) is 130 Å². The first-order chi connectivity index (χ1) is 14.9. The number of halogens is 3. The maximum absolute atomic E-state index is 14.1. The Hall–Kier alpha value is -3.38. The van der Waals surface area contributed by atoms with E-state index >= 15 is 0 Å².